The van der Waals surface area contributed by atoms with Gasteiger partial charge in [-0.2, -0.15) is 0 Å². The molecule has 0 bridgehead atoms. The second kappa shape index (κ2) is 3.76. The lowest BCUT2D eigenvalue weighted by molar-refractivity contribution is 0.184. The molecule has 1 rings (SSSR count). The minimum atomic E-state index is -0.929. The molecule has 1 aliphatic rings. The Morgan fingerprint density at radius 1 is 1.67 bits per heavy atom. The van der Waals surface area contributed by atoms with Gasteiger partial charge in [0.05, 0.1) is 0 Å². The third-order valence-corrected chi connectivity index (χ3v) is 2.57. The summed E-state index contributed by atoms with van der Waals surface area (Å²) in [7, 11) is 0. The molecule has 1 heterocycles. The number of rotatable bonds is 2. The molecule has 1 aliphatic heterocycles. The molecule has 1 saturated heterocycles. The molecule has 12 heavy (non-hydrogen) atoms. The SMILES string of the molecule is CC1CNCC1C(C)NC(=O)O. The molecule has 3 atom stereocenters. The summed E-state index contributed by atoms with van der Waals surface area (Å²) in [6.45, 7) is 5.98. The van der Waals surface area contributed by atoms with Crippen molar-refractivity contribution in [2.45, 2.75) is 19.9 Å². The summed E-state index contributed by atoms with van der Waals surface area (Å²) in [4.78, 5) is 10.3. The summed E-state index contributed by atoms with van der Waals surface area (Å²) in [5.74, 6) is 0.993. The molecule has 0 aromatic heterocycles. The molecule has 3 N–H and O–H groups in total. The smallest absolute Gasteiger partial charge is 0.404 e. The van der Waals surface area contributed by atoms with Gasteiger partial charge in [-0.05, 0) is 25.3 Å². The first-order valence-electron chi connectivity index (χ1n) is 4.31. The van der Waals surface area contributed by atoms with Crippen LogP contribution in [-0.4, -0.2) is 30.3 Å². The summed E-state index contributed by atoms with van der Waals surface area (Å²) in [6.07, 6.45) is -0.929. The fourth-order valence-electron chi connectivity index (χ4n) is 1.80. The minimum absolute atomic E-state index is 0.0486. The number of nitrogens with one attached hydrogen (secondary N) is 2. The molecule has 0 aromatic rings. The molecule has 0 aliphatic carbocycles. The molecular formula is C8H16N2O2. The van der Waals surface area contributed by atoms with Crippen molar-refractivity contribution < 1.29 is 9.90 Å². The first-order valence-corrected chi connectivity index (χ1v) is 4.31. The average molecular weight is 172 g/mol. The van der Waals surface area contributed by atoms with Crippen molar-refractivity contribution in [3.63, 3.8) is 0 Å². The van der Waals surface area contributed by atoms with E-state index in [2.05, 4.69) is 17.6 Å². The lowest BCUT2D eigenvalue weighted by Crippen LogP contribution is -2.39. The fourth-order valence-corrected chi connectivity index (χ4v) is 1.80. The molecule has 1 amide bonds. The number of carboxylic acid groups (broad SMARTS) is 1. The molecule has 0 saturated carbocycles. The quantitative estimate of drug-likeness (QED) is 0.568. The molecule has 0 spiro atoms. The molecular weight excluding hydrogens is 156 g/mol. The largest absolute Gasteiger partial charge is 0.465 e. The average Bonchev–Trinajstić information content (AvgIpc) is 2.33. The van der Waals surface area contributed by atoms with Crippen LogP contribution in [0.4, 0.5) is 4.79 Å². The first-order chi connectivity index (χ1) is 5.61. The van der Waals surface area contributed by atoms with Crippen LogP contribution in [0.3, 0.4) is 0 Å². The van der Waals surface area contributed by atoms with Crippen molar-refractivity contribution in [2.24, 2.45) is 11.8 Å². The summed E-state index contributed by atoms with van der Waals surface area (Å²) in [5, 5.41) is 14.2. The fraction of sp³-hybridized carbons (Fsp3) is 0.875. The van der Waals surface area contributed by atoms with E-state index in [0.29, 0.717) is 11.8 Å². The van der Waals surface area contributed by atoms with E-state index in [1.165, 1.54) is 0 Å². The van der Waals surface area contributed by atoms with Gasteiger partial charge in [-0.25, -0.2) is 4.79 Å². The van der Waals surface area contributed by atoms with E-state index in [9.17, 15) is 4.79 Å². The van der Waals surface area contributed by atoms with Crippen LogP contribution in [0.2, 0.25) is 0 Å². The van der Waals surface area contributed by atoms with Crippen molar-refractivity contribution in [3.05, 3.63) is 0 Å². The van der Waals surface area contributed by atoms with Gasteiger partial charge in [0, 0.05) is 12.6 Å². The Balaban J connectivity index is 2.40. The maximum Gasteiger partial charge on any atom is 0.404 e. The summed E-state index contributed by atoms with van der Waals surface area (Å²) in [6, 6.07) is 0.0486. The third-order valence-electron chi connectivity index (χ3n) is 2.57. The summed E-state index contributed by atoms with van der Waals surface area (Å²) < 4.78 is 0. The minimum Gasteiger partial charge on any atom is -0.465 e. The molecule has 4 heteroatoms. The van der Waals surface area contributed by atoms with Crippen LogP contribution in [0, 0.1) is 11.8 Å². The van der Waals surface area contributed by atoms with Crippen molar-refractivity contribution in [2.75, 3.05) is 13.1 Å². The van der Waals surface area contributed by atoms with Crippen LogP contribution >= 0.6 is 0 Å². The van der Waals surface area contributed by atoms with Crippen LogP contribution in [0.1, 0.15) is 13.8 Å². The topological polar surface area (TPSA) is 61.4 Å². The maximum atomic E-state index is 10.3. The molecule has 0 aromatic carbocycles. The lowest BCUT2D eigenvalue weighted by atomic mass is 9.91. The van der Waals surface area contributed by atoms with E-state index in [0.717, 1.165) is 13.1 Å². The van der Waals surface area contributed by atoms with Gasteiger partial charge in [-0.15, -0.1) is 0 Å². The van der Waals surface area contributed by atoms with E-state index < -0.39 is 6.09 Å². The zero-order chi connectivity index (χ0) is 9.14. The Labute approximate surface area is 72.3 Å². The molecule has 70 valence electrons. The maximum absolute atomic E-state index is 10.3. The van der Waals surface area contributed by atoms with Crippen LogP contribution in [-0.2, 0) is 0 Å². The Kier molecular flexibility index (Phi) is 2.92. The van der Waals surface area contributed by atoms with Crippen LogP contribution in [0.5, 0.6) is 0 Å². The number of carbonyl (C=O) groups is 1. The third kappa shape index (κ3) is 2.11. The van der Waals surface area contributed by atoms with Gasteiger partial charge in [0.25, 0.3) is 0 Å². The van der Waals surface area contributed by atoms with E-state index in [4.69, 9.17) is 5.11 Å². The van der Waals surface area contributed by atoms with Crippen LogP contribution < -0.4 is 10.6 Å². The van der Waals surface area contributed by atoms with Crippen molar-refractivity contribution in [1.29, 1.82) is 0 Å². The standard InChI is InChI=1S/C8H16N2O2/c1-5-3-9-4-7(5)6(2)10-8(11)12/h5-7,9-10H,3-4H2,1-2H3,(H,11,12). The van der Waals surface area contributed by atoms with E-state index in [1.807, 2.05) is 6.92 Å². The first kappa shape index (κ1) is 9.32. The summed E-state index contributed by atoms with van der Waals surface area (Å²) >= 11 is 0. The van der Waals surface area contributed by atoms with Crippen molar-refractivity contribution in [1.82, 2.24) is 10.6 Å². The normalized spacial score (nSPS) is 31.5. The second-order valence-corrected chi connectivity index (χ2v) is 3.54. The highest BCUT2D eigenvalue weighted by Gasteiger charge is 2.28. The highest BCUT2D eigenvalue weighted by molar-refractivity contribution is 5.64. The van der Waals surface area contributed by atoms with Gasteiger partial charge < -0.3 is 15.7 Å². The zero-order valence-electron chi connectivity index (χ0n) is 7.50. The zero-order valence-corrected chi connectivity index (χ0v) is 7.50. The van der Waals surface area contributed by atoms with Crippen LogP contribution in [0.25, 0.3) is 0 Å². The molecule has 4 nitrogen and oxygen atoms in total. The van der Waals surface area contributed by atoms with Gasteiger partial charge in [0.2, 0.25) is 0 Å². The van der Waals surface area contributed by atoms with E-state index >= 15 is 0 Å². The van der Waals surface area contributed by atoms with Gasteiger partial charge in [0.15, 0.2) is 0 Å². The van der Waals surface area contributed by atoms with Crippen LogP contribution in [0.15, 0.2) is 0 Å². The summed E-state index contributed by atoms with van der Waals surface area (Å²) in [5.41, 5.74) is 0. The lowest BCUT2D eigenvalue weighted by Gasteiger charge is -2.21. The number of amides is 1. The Hall–Kier alpha value is -0.770. The Morgan fingerprint density at radius 2 is 2.33 bits per heavy atom. The second-order valence-electron chi connectivity index (χ2n) is 3.54. The van der Waals surface area contributed by atoms with Gasteiger partial charge in [-0.1, -0.05) is 6.92 Å². The van der Waals surface area contributed by atoms with Crippen molar-refractivity contribution in [3.8, 4) is 0 Å². The highest BCUT2D eigenvalue weighted by Crippen LogP contribution is 2.19. The van der Waals surface area contributed by atoms with Crippen molar-refractivity contribution >= 4 is 6.09 Å². The predicted octanol–water partition coefficient (Wildman–Crippen LogP) is 0.498. The number of hydrogen-bond acceptors (Lipinski definition) is 2. The molecule has 3 unspecified atom stereocenters. The number of hydrogen-bond donors (Lipinski definition) is 3. The predicted molar refractivity (Wildman–Crippen MR) is 46.1 cm³/mol. The highest BCUT2D eigenvalue weighted by atomic mass is 16.4. The van der Waals surface area contributed by atoms with E-state index in [1.54, 1.807) is 0 Å². The Bertz CT molecular complexity index is 172. The monoisotopic (exact) mass is 172 g/mol. The Morgan fingerprint density at radius 3 is 2.75 bits per heavy atom. The van der Waals surface area contributed by atoms with Gasteiger partial charge in [0.1, 0.15) is 0 Å². The van der Waals surface area contributed by atoms with Gasteiger partial charge >= 0.3 is 6.09 Å². The van der Waals surface area contributed by atoms with E-state index in [-0.39, 0.29) is 6.04 Å². The molecule has 1 fully saturated rings. The van der Waals surface area contributed by atoms with Gasteiger partial charge in [-0.3, -0.25) is 0 Å². The molecule has 0 radical (unpaired) electrons.